The maximum absolute atomic E-state index is 13.7. The number of fused-ring (bicyclic) bond motifs is 1. The van der Waals surface area contributed by atoms with Crippen LogP contribution in [-0.4, -0.2) is 48.4 Å². The number of hydrogen-bond donors (Lipinski definition) is 0. The monoisotopic (exact) mass is 476 g/mol. The minimum Gasteiger partial charge on any atom is -0.497 e. The molecule has 0 spiro atoms. The van der Waals surface area contributed by atoms with Gasteiger partial charge in [-0.15, -0.1) is 11.3 Å². The van der Waals surface area contributed by atoms with Crippen LogP contribution in [0, 0.1) is 0 Å². The van der Waals surface area contributed by atoms with Crippen LogP contribution in [-0.2, 0) is 17.6 Å². The second kappa shape index (κ2) is 10.9. The number of carbonyl (C=O) groups excluding carboxylic acids is 2. The lowest BCUT2D eigenvalue weighted by Gasteiger charge is -2.37. The Kier molecular flexibility index (Phi) is 7.68. The topological polar surface area (TPSA) is 49.9 Å². The number of thiophene rings is 1. The number of methoxy groups -OCH3 is 1. The summed E-state index contributed by atoms with van der Waals surface area (Å²) in [6.07, 6.45) is 2.56. The van der Waals surface area contributed by atoms with Crippen molar-refractivity contribution in [1.82, 2.24) is 9.80 Å². The maximum atomic E-state index is 13.7. The molecule has 4 rings (SSSR count). The van der Waals surface area contributed by atoms with E-state index in [-0.39, 0.29) is 24.4 Å². The summed E-state index contributed by atoms with van der Waals surface area (Å²) in [6, 6.07) is 17.6. The maximum Gasteiger partial charge on any atom is 0.254 e. The molecule has 3 aromatic rings. The Labute approximate surface area is 206 Å². The first-order chi connectivity index (χ1) is 16.5. The van der Waals surface area contributed by atoms with Gasteiger partial charge in [0.25, 0.3) is 5.91 Å². The van der Waals surface area contributed by atoms with Crippen molar-refractivity contribution in [1.29, 1.82) is 0 Å². The summed E-state index contributed by atoms with van der Waals surface area (Å²) < 4.78 is 5.33. The van der Waals surface area contributed by atoms with Gasteiger partial charge in [0.15, 0.2) is 0 Å². The highest BCUT2D eigenvalue weighted by molar-refractivity contribution is 7.10. The van der Waals surface area contributed by atoms with E-state index in [1.165, 1.54) is 16.0 Å². The summed E-state index contributed by atoms with van der Waals surface area (Å²) in [5.41, 5.74) is 4.05. The third kappa shape index (κ3) is 5.02. The molecule has 6 heteroatoms. The Bertz CT molecular complexity index is 1120. The zero-order chi connectivity index (χ0) is 24.1. The molecule has 0 radical (unpaired) electrons. The van der Waals surface area contributed by atoms with Crippen molar-refractivity contribution in [3.8, 4) is 5.75 Å². The van der Waals surface area contributed by atoms with Gasteiger partial charge in [-0.25, -0.2) is 0 Å². The fourth-order valence-corrected chi connectivity index (χ4v) is 5.48. The van der Waals surface area contributed by atoms with Crippen LogP contribution < -0.4 is 4.74 Å². The number of hydrogen-bond acceptors (Lipinski definition) is 4. The molecule has 34 heavy (non-hydrogen) atoms. The van der Waals surface area contributed by atoms with Crippen LogP contribution in [0.4, 0.5) is 0 Å². The van der Waals surface area contributed by atoms with Gasteiger partial charge in [0.2, 0.25) is 5.91 Å². The number of benzene rings is 2. The molecule has 1 unspecified atom stereocenters. The third-order valence-corrected chi connectivity index (χ3v) is 7.43. The summed E-state index contributed by atoms with van der Waals surface area (Å²) in [4.78, 5) is 31.9. The van der Waals surface area contributed by atoms with E-state index < -0.39 is 0 Å². The van der Waals surface area contributed by atoms with E-state index in [2.05, 4.69) is 18.4 Å². The smallest absolute Gasteiger partial charge is 0.254 e. The number of carbonyl (C=O) groups is 2. The van der Waals surface area contributed by atoms with Crippen LogP contribution in [0.5, 0.6) is 5.75 Å². The minimum absolute atomic E-state index is 0.0235. The molecule has 0 aliphatic carbocycles. The molecule has 1 aromatic heterocycles. The molecular weight excluding hydrogens is 444 g/mol. The Balaban J connectivity index is 1.58. The summed E-state index contributed by atoms with van der Waals surface area (Å²) >= 11 is 1.75. The van der Waals surface area contributed by atoms with Crippen LogP contribution >= 0.6 is 11.3 Å². The molecule has 0 N–H and O–H groups in total. The van der Waals surface area contributed by atoms with Gasteiger partial charge < -0.3 is 14.5 Å². The second-order valence-electron chi connectivity index (χ2n) is 8.59. The van der Waals surface area contributed by atoms with Crippen LogP contribution in [0.2, 0.25) is 0 Å². The van der Waals surface area contributed by atoms with Gasteiger partial charge in [-0.2, -0.15) is 0 Å². The van der Waals surface area contributed by atoms with Crippen molar-refractivity contribution >= 4 is 23.2 Å². The fourth-order valence-electron chi connectivity index (χ4n) is 4.57. The van der Waals surface area contributed by atoms with Crippen molar-refractivity contribution in [3.63, 3.8) is 0 Å². The molecular formula is C28H32N2O3S. The number of ether oxygens (including phenoxy) is 1. The van der Waals surface area contributed by atoms with E-state index in [4.69, 9.17) is 4.74 Å². The van der Waals surface area contributed by atoms with Gasteiger partial charge in [-0.3, -0.25) is 9.59 Å². The number of aryl methyl sites for hydroxylation is 1. The molecule has 2 aromatic carbocycles. The van der Waals surface area contributed by atoms with E-state index in [9.17, 15) is 9.59 Å². The highest BCUT2D eigenvalue weighted by atomic mass is 32.1. The van der Waals surface area contributed by atoms with Crippen LogP contribution in [0.15, 0.2) is 60.0 Å². The number of rotatable bonds is 8. The highest BCUT2D eigenvalue weighted by Gasteiger charge is 2.34. The molecule has 2 heterocycles. The van der Waals surface area contributed by atoms with E-state index in [0.717, 1.165) is 30.6 Å². The Hall–Kier alpha value is -3.12. The van der Waals surface area contributed by atoms with Crippen molar-refractivity contribution in [2.75, 3.05) is 26.7 Å². The Morgan fingerprint density at radius 1 is 1.06 bits per heavy atom. The van der Waals surface area contributed by atoms with Gasteiger partial charge in [0, 0.05) is 23.5 Å². The Morgan fingerprint density at radius 2 is 1.79 bits per heavy atom. The first-order valence-electron chi connectivity index (χ1n) is 11.9. The molecule has 1 aliphatic rings. The molecule has 178 valence electrons. The largest absolute Gasteiger partial charge is 0.497 e. The molecule has 1 atom stereocenters. The van der Waals surface area contributed by atoms with Crippen molar-refractivity contribution in [2.24, 2.45) is 0 Å². The van der Waals surface area contributed by atoms with Crippen molar-refractivity contribution in [2.45, 2.75) is 39.2 Å². The molecule has 0 saturated heterocycles. The fraction of sp³-hybridized carbons (Fsp3) is 0.357. The molecule has 1 aliphatic heterocycles. The van der Waals surface area contributed by atoms with Crippen molar-refractivity contribution in [3.05, 3.63) is 87.1 Å². The van der Waals surface area contributed by atoms with E-state index in [1.54, 1.807) is 23.3 Å². The van der Waals surface area contributed by atoms with Gasteiger partial charge in [-0.1, -0.05) is 38.1 Å². The predicted octanol–water partition coefficient (Wildman–Crippen LogP) is 5.35. The van der Waals surface area contributed by atoms with Gasteiger partial charge in [0.1, 0.15) is 12.3 Å². The minimum atomic E-state index is -0.157. The highest BCUT2D eigenvalue weighted by Crippen LogP contribution is 2.38. The second-order valence-corrected chi connectivity index (χ2v) is 9.59. The lowest BCUT2D eigenvalue weighted by Crippen LogP contribution is -2.47. The third-order valence-electron chi connectivity index (χ3n) is 6.43. The van der Waals surface area contributed by atoms with Gasteiger partial charge in [0.05, 0.1) is 13.2 Å². The lowest BCUT2D eigenvalue weighted by atomic mass is 9.93. The lowest BCUT2D eigenvalue weighted by molar-refractivity contribution is -0.134. The van der Waals surface area contributed by atoms with Crippen LogP contribution in [0.1, 0.15) is 58.2 Å². The zero-order valence-corrected chi connectivity index (χ0v) is 20.9. The zero-order valence-electron chi connectivity index (χ0n) is 20.1. The van der Waals surface area contributed by atoms with Crippen molar-refractivity contribution < 1.29 is 14.3 Å². The summed E-state index contributed by atoms with van der Waals surface area (Å²) in [6.45, 7) is 5.39. The normalized spacial score (nSPS) is 15.0. The van der Waals surface area contributed by atoms with Gasteiger partial charge >= 0.3 is 0 Å². The number of amides is 2. The first kappa shape index (κ1) is 24.0. The summed E-state index contributed by atoms with van der Waals surface area (Å²) in [7, 11) is 1.65. The van der Waals surface area contributed by atoms with E-state index in [1.807, 2.05) is 60.4 Å². The quantitative estimate of drug-likeness (QED) is 0.441. The standard InChI is InChI=1S/C28H32N2O3S/c1-4-16-29(28(32)22-8-6-20(5-2)7-9-22)19-26(31)30-17-14-25-24(15-18-34-25)27(30)21-10-12-23(33-3)13-11-21/h6-13,15,18,27H,4-5,14,16-17,19H2,1-3H3. The predicted molar refractivity (Wildman–Crippen MR) is 137 cm³/mol. The van der Waals surface area contributed by atoms with Crippen LogP contribution in [0.3, 0.4) is 0 Å². The molecule has 0 saturated carbocycles. The number of nitrogens with zero attached hydrogens (tertiary/aromatic N) is 2. The van der Waals surface area contributed by atoms with Gasteiger partial charge in [-0.05, 0) is 71.7 Å². The average molecular weight is 477 g/mol. The molecule has 0 bridgehead atoms. The molecule has 0 fully saturated rings. The summed E-state index contributed by atoms with van der Waals surface area (Å²) in [5, 5.41) is 2.10. The first-order valence-corrected chi connectivity index (χ1v) is 12.8. The average Bonchev–Trinajstić information content (AvgIpc) is 3.36. The van der Waals surface area contributed by atoms with E-state index >= 15 is 0 Å². The molecule has 2 amide bonds. The SMILES string of the molecule is CCCN(CC(=O)N1CCc2sccc2C1c1ccc(OC)cc1)C(=O)c1ccc(CC)cc1. The Morgan fingerprint density at radius 3 is 2.44 bits per heavy atom. The van der Waals surface area contributed by atoms with Crippen LogP contribution in [0.25, 0.3) is 0 Å². The molecule has 5 nitrogen and oxygen atoms in total. The van der Waals surface area contributed by atoms with E-state index in [0.29, 0.717) is 18.7 Å². The summed E-state index contributed by atoms with van der Waals surface area (Å²) in [5.74, 6) is 0.675.